The van der Waals surface area contributed by atoms with Crippen molar-refractivity contribution in [2.24, 2.45) is 0 Å². The van der Waals surface area contributed by atoms with Gasteiger partial charge in [-0.25, -0.2) is 13.8 Å². The zero-order valence-electron chi connectivity index (χ0n) is 15.8. The first-order chi connectivity index (χ1) is 13.9. The van der Waals surface area contributed by atoms with Gasteiger partial charge >= 0.3 is 0 Å². The lowest BCUT2D eigenvalue weighted by atomic mass is 10.1. The Bertz CT molecular complexity index is 1030. The fourth-order valence-electron chi connectivity index (χ4n) is 2.83. The van der Waals surface area contributed by atoms with Gasteiger partial charge in [0.25, 0.3) is 0 Å². The normalized spacial score (nSPS) is 10.6. The van der Waals surface area contributed by atoms with Gasteiger partial charge in [0.15, 0.2) is 0 Å². The number of rotatable bonds is 7. The maximum Gasteiger partial charge on any atom is 0.239 e. The molecule has 0 saturated heterocycles. The molecule has 3 rings (SSSR count). The highest BCUT2D eigenvalue weighted by molar-refractivity contribution is 5.85. The van der Waals surface area contributed by atoms with Crippen LogP contribution in [0, 0.1) is 18.6 Å². The van der Waals surface area contributed by atoms with Crippen molar-refractivity contribution >= 4 is 11.8 Å². The Morgan fingerprint density at radius 1 is 1.03 bits per heavy atom. The third-order valence-electron chi connectivity index (χ3n) is 4.29. The fourth-order valence-corrected chi connectivity index (χ4v) is 2.83. The molecule has 0 saturated carbocycles. The van der Waals surface area contributed by atoms with Gasteiger partial charge in [-0.2, -0.15) is 0 Å². The molecule has 0 unspecified atom stereocenters. The first-order valence-electron chi connectivity index (χ1n) is 8.99. The molecule has 0 aliphatic carbocycles. The molecule has 0 bridgehead atoms. The number of nitrogens with zero attached hydrogens (tertiary/aromatic N) is 2. The number of carbonyl (C=O) groups excluding carboxylic acids is 2. The van der Waals surface area contributed by atoms with Crippen LogP contribution >= 0.6 is 0 Å². The Labute approximate surface area is 166 Å². The molecule has 6 nitrogen and oxygen atoms in total. The van der Waals surface area contributed by atoms with Crippen molar-refractivity contribution in [1.29, 1.82) is 0 Å². The predicted octanol–water partition coefficient (Wildman–Crippen LogP) is 2.43. The van der Waals surface area contributed by atoms with Crippen LogP contribution in [-0.4, -0.2) is 27.9 Å². The average molecular weight is 398 g/mol. The summed E-state index contributed by atoms with van der Waals surface area (Å²) in [4.78, 5) is 27.8. The van der Waals surface area contributed by atoms with Gasteiger partial charge in [-0.05, 0) is 42.3 Å². The molecule has 0 aliphatic rings. The predicted molar refractivity (Wildman–Crippen MR) is 103 cm³/mol. The topological polar surface area (TPSA) is 76.0 Å². The zero-order valence-corrected chi connectivity index (χ0v) is 15.8. The summed E-state index contributed by atoms with van der Waals surface area (Å²) in [5.41, 5.74) is 1.48. The van der Waals surface area contributed by atoms with E-state index < -0.39 is 23.4 Å². The monoisotopic (exact) mass is 398 g/mol. The van der Waals surface area contributed by atoms with Crippen LogP contribution in [0.15, 0.2) is 54.9 Å². The molecule has 0 aliphatic heterocycles. The number of benzene rings is 2. The van der Waals surface area contributed by atoms with E-state index in [4.69, 9.17) is 0 Å². The first kappa shape index (κ1) is 20.2. The molecule has 0 spiro atoms. The van der Waals surface area contributed by atoms with Gasteiger partial charge in [0.05, 0.1) is 18.7 Å². The van der Waals surface area contributed by atoms with Crippen molar-refractivity contribution in [1.82, 2.24) is 20.2 Å². The van der Waals surface area contributed by atoms with Crippen molar-refractivity contribution in [2.45, 2.75) is 19.9 Å². The van der Waals surface area contributed by atoms with E-state index in [1.54, 1.807) is 42.1 Å². The third-order valence-corrected chi connectivity index (χ3v) is 4.29. The summed E-state index contributed by atoms with van der Waals surface area (Å²) in [6, 6.07) is 10.4. The minimum atomic E-state index is -0.429. The van der Waals surface area contributed by atoms with Gasteiger partial charge in [-0.3, -0.25) is 9.59 Å². The Morgan fingerprint density at radius 3 is 2.55 bits per heavy atom. The van der Waals surface area contributed by atoms with Gasteiger partial charge in [-0.1, -0.05) is 18.2 Å². The molecule has 0 atom stereocenters. The zero-order chi connectivity index (χ0) is 20.8. The lowest BCUT2D eigenvalue weighted by Gasteiger charge is -2.10. The lowest BCUT2D eigenvalue weighted by Crippen LogP contribution is -2.37. The summed E-state index contributed by atoms with van der Waals surface area (Å²) in [5.74, 6) is -0.987. The summed E-state index contributed by atoms with van der Waals surface area (Å²) in [5, 5.41) is 5.09. The first-order valence-corrected chi connectivity index (χ1v) is 8.99. The Kier molecular flexibility index (Phi) is 6.33. The van der Waals surface area contributed by atoms with E-state index in [1.807, 2.05) is 0 Å². The highest BCUT2D eigenvalue weighted by atomic mass is 19.1. The van der Waals surface area contributed by atoms with Crippen molar-refractivity contribution in [3.8, 4) is 5.69 Å². The van der Waals surface area contributed by atoms with Gasteiger partial charge in [-0.15, -0.1) is 0 Å². The lowest BCUT2D eigenvalue weighted by molar-refractivity contribution is -0.125. The summed E-state index contributed by atoms with van der Waals surface area (Å²) in [7, 11) is 0. The van der Waals surface area contributed by atoms with Crippen LogP contribution in [0.2, 0.25) is 0 Å². The number of nitrogens with one attached hydrogen (secondary N) is 2. The number of halogens is 2. The van der Waals surface area contributed by atoms with Gasteiger partial charge in [0.1, 0.15) is 17.5 Å². The SMILES string of the molecule is Cc1nccn1-c1ccc(CNC(=O)CNC(=O)Cc2cccc(F)c2)cc1F. The van der Waals surface area contributed by atoms with Crippen LogP contribution in [-0.2, 0) is 22.6 Å². The summed E-state index contributed by atoms with van der Waals surface area (Å²) >= 11 is 0. The number of hydrogen-bond donors (Lipinski definition) is 2. The standard InChI is InChI=1S/C21H20F2N4O2/c1-14-24-7-8-27(14)19-6-5-16(10-18(19)23)12-25-21(29)13-26-20(28)11-15-3-2-4-17(22)9-15/h2-10H,11-13H2,1H3,(H,25,29)(H,26,28). The van der Waals surface area contributed by atoms with E-state index in [1.165, 1.54) is 24.3 Å². The van der Waals surface area contributed by atoms with E-state index in [2.05, 4.69) is 15.6 Å². The van der Waals surface area contributed by atoms with E-state index in [0.717, 1.165) is 0 Å². The highest BCUT2D eigenvalue weighted by Gasteiger charge is 2.10. The summed E-state index contributed by atoms with van der Waals surface area (Å²) < 4.78 is 29.1. The van der Waals surface area contributed by atoms with Crippen molar-refractivity contribution in [3.05, 3.63) is 83.4 Å². The summed E-state index contributed by atoms with van der Waals surface area (Å²) in [6.45, 7) is 1.68. The van der Waals surface area contributed by atoms with Crippen molar-refractivity contribution in [3.63, 3.8) is 0 Å². The molecule has 2 aromatic carbocycles. The highest BCUT2D eigenvalue weighted by Crippen LogP contribution is 2.16. The minimum absolute atomic E-state index is 0.0224. The largest absolute Gasteiger partial charge is 0.350 e. The molecule has 3 aromatic rings. The van der Waals surface area contributed by atoms with Crippen LogP contribution in [0.5, 0.6) is 0 Å². The number of hydrogen-bond acceptors (Lipinski definition) is 3. The molecule has 1 heterocycles. The smallest absolute Gasteiger partial charge is 0.239 e. The second-order valence-corrected chi connectivity index (χ2v) is 6.49. The van der Waals surface area contributed by atoms with Crippen LogP contribution < -0.4 is 10.6 Å². The number of carbonyl (C=O) groups is 2. The maximum absolute atomic E-state index is 14.4. The molecule has 2 amide bonds. The number of aryl methyl sites for hydroxylation is 1. The fraction of sp³-hybridized carbons (Fsp3) is 0.190. The number of imidazole rings is 1. The van der Waals surface area contributed by atoms with Crippen LogP contribution in [0.25, 0.3) is 5.69 Å². The molecule has 0 radical (unpaired) electrons. The molecule has 1 aromatic heterocycles. The van der Waals surface area contributed by atoms with Gasteiger partial charge in [0.2, 0.25) is 11.8 Å². The van der Waals surface area contributed by atoms with Crippen molar-refractivity contribution < 1.29 is 18.4 Å². The van der Waals surface area contributed by atoms with E-state index >= 15 is 0 Å². The maximum atomic E-state index is 14.4. The van der Waals surface area contributed by atoms with Crippen LogP contribution in [0.1, 0.15) is 17.0 Å². The Hall–Kier alpha value is -3.55. The van der Waals surface area contributed by atoms with Crippen LogP contribution in [0.3, 0.4) is 0 Å². The second-order valence-electron chi connectivity index (χ2n) is 6.49. The Morgan fingerprint density at radius 2 is 1.86 bits per heavy atom. The molecular formula is C21H20F2N4O2. The second kappa shape index (κ2) is 9.09. The Balaban J connectivity index is 1.47. The van der Waals surface area contributed by atoms with Crippen molar-refractivity contribution in [2.75, 3.05) is 6.54 Å². The molecule has 0 fully saturated rings. The third kappa shape index (κ3) is 5.47. The van der Waals surface area contributed by atoms with Crippen LogP contribution in [0.4, 0.5) is 8.78 Å². The minimum Gasteiger partial charge on any atom is -0.350 e. The number of amides is 2. The van der Waals surface area contributed by atoms with E-state index in [9.17, 15) is 18.4 Å². The number of aromatic nitrogens is 2. The average Bonchev–Trinajstić information content (AvgIpc) is 3.10. The van der Waals surface area contributed by atoms with Gasteiger partial charge in [0, 0.05) is 18.9 Å². The summed E-state index contributed by atoms with van der Waals surface area (Å²) in [6.07, 6.45) is 3.23. The molecule has 29 heavy (non-hydrogen) atoms. The molecular weight excluding hydrogens is 378 g/mol. The quantitative estimate of drug-likeness (QED) is 0.642. The van der Waals surface area contributed by atoms with E-state index in [-0.39, 0.29) is 19.5 Å². The molecule has 150 valence electrons. The van der Waals surface area contributed by atoms with Gasteiger partial charge < -0.3 is 15.2 Å². The molecule has 8 heteroatoms. The van der Waals surface area contributed by atoms with E-state index in [0.29, 0.717) is 22.6 Å². The molecule has 2 N–H and O–H groups in total.